The molecule has 3 heterocycles. The van der Waals surface area contributed by atoms with Crippen molar-refractivity contribution in [2.45, 2.75) is 32.2 Å². The van der Waals surface area contributed by atoms with E-state index in [2.05, 4.69) is 49.5 Å². The van der Waals surface area contributed by atoms with Gasteiger partial charge in [0.2, 0.25) is 0 Å². The van der Waals surface area contributed by atoms with Crippen molar-refractivity contribution >= 4 is 23.3 Å². The molecule has 0 saturated carbocycles. The second-order valence-corrected chi connectivity index (χ2v) is 7.55. The maximum atomic E-state index is 9.84. The highest BCUT2D eigenvalue weighted by atomic mass is 16.5. The summed E-state index contributed by atoms with van der Waals surface area (Å²) in [7, 11) is 2.19. The van der Waals surface area contributed by atoms with Crippen LogP contribution in [0.15, 0.2) is 54.5 Å². The van der Waals surface area contributed by atoms with Crippen LogP contribution in [0.25, 0.3) is 11.0 Å². The summed E-state index contributed by atoms with van der Waals surface area (Å²) in [5.41, 5.74) is 1.95. The fraction of sp³-hybridized carbons (Fsp3) is 0.435. The van der Waals surface area contributed by atoms with Gasteiger partial charge in [0.15, 0.2) is 0 Å². The lowest BCUT2D eigenvalue weighted by Crippen LogP contribution is -2.38. The van der Waals surface area contributed by atoms with Crippen molar-refractivity contribution < 1.29 is 9.53 Å². The minimum atomic E-state index is 0.365. The lowest BCUT2D eigenvalue weighted by atomic mass is 10.2. The summed E-state index contributed by atoms with van der Waals surface area (Å²) >= 11 is 0. The van der Waals surface area contributed by atoms with Crippen molar-refractivity contribution in [3.05, 3.63) is 54.5 Å². The molecule has 4 rings (SSSR count). The Balaban J connectivity index is 0.000000199. The third-order valence-corrected chi connectivity index (χ3v) is 5.25. The van der Waals surface area contributed by atoms with Gasteiger partial charge in [-0.25, -0.2) is 9.97 Å². The van der Waals surface area contributed by atoms with Crippen molar-refractivity contribution in [1.29, 1.82) is 0 Å². The second kappa shape index (κ2) is 11.3. The predicted molar refractivity (Wildman–Crippen MR) is 120 cm³/mol. The zero-order valence-corrected chi connectivity index (χ0v) is 17.8. The topological polar surface area (TPSA) is 74.4 Å². The number of fused-ring (bicyclic) bond motifs is 1. The number of likely N-dealkylation sites (tertiary alicyclic amines) is 1. The Morgan fingerprint density at radius 2 is 2.27 bits per heavy atom. The van der Waals surface area contributed by atoms with Gasteiger partial charge in [-0.15, -0.1) is 0 Å². The Morgan fingerprint density at radius 1 is 1.37 bits per heavy atom. The fourth-order valence-corrected chi connectivity index (χ4v) is 3.81. The molecule has 0 amide bonds. The molecule has 0 radical (unpaired) electrons. The Labute approximate surface area is 178 Å². The summed E-state index contributed by atoms with van der Waals surface area (Å²) in [4.78, 5) is 26.7. The van der Waals surface area contributed by atoms with E-state index in [9.17, 15) is 4.79 Å². The molecule has 1 unspecified atom stereocenters. The summed E-state index contributed by atoms with van der Waals surface area (Å²) in [5, 5.41) is 1.13. The van der Waals surface area contributed by atoms with E-state index in [-0.39, 0.29) is 0 Å². The molecule has 1 saturated heterocycles. The Hall–Kier alpha value is -2.93. The number of aromatic nitrogens is 3. The van der Waals surface area contributed by atoms with Gasteiger partial charge in [-0.3, -0.25) is 4.79 Å². The van der Waals surface area contributed by atoms with Crippen LogP contribution in [-0.4, -0.2) is 65.7 Å². The van der Waals surface area contributed by atoms with Crippen molar-refractivity contribution in [2.75, 3.05) is 38.2 Å². The van der Waals surface area contributed by atoms with Gasteiger partial charge in [0.25, 0.3) is 6.47 Å². The molecule has 1 aliphatic carbocycles. The van der Waals surface area contributed by atoms with Crippen LogP contribution in [0, 0.1) is 0 Å². The van der Waals surface area contributed by atoms with Crippen LogP contribution in [0.1, 0.15) is 26.2 Å². The fourth-order valence-electron chi connectivity index (χ4n) is 3.81. The van der Waals surface area contributed by atoms with E-state index < -0.39 is 0 Å². The minimum Gasteiger partial charge on any atom is -0.463 e. The molecule has 30 heavy (non-hydrogen) atoms. The van der Waals surface area contributed by atoms with E-state index in [1.54, 1.807) is 6.33 Å². The number of H-pyrrole nitrogens is 1. The van der Waals surface area contributed by atoms with Gasteiger partial charge in [-0.1, -0.05) is 37.3 Å². The van der Waals surface area contributed by atoms with Crippen LogP contribution in [0.5, 0.6) is 0 Å². The number of likely N-dealkylation sites (N-methyl/N-ethyl adjacent to an activating group) is 1. The van der Waals surface area contributed by atoms with E-state index >= 15 is 0 Å². The average molecular weight is 410 g/mol. The van der Waals surface area contributed by atoms with E-state index in [0.29, 0.717) is 19.1 Å². The van der Waals surface area contributed by atoms with Crippen LogP contribution in [0.2, 0.25) is 0 Å². The Kier molecular flexibility index (Phi) is 8.20. The first kappa shape index (κ1) is 21.8. The first-order valence-electron chi connectivity index (χ1n) is 10.5. The monoisotopic (exact) mass is 409 g/mol. The molecule has 2 aliphatic rings. The zero-order chi connectivity index (χ0) is 21.2. The van der Waals surface area contributed by atoms with E-state index in [4.69, 9.17) is 0 Å². The van der Waals surface area contributed by atoms with Gasteiger partial charge < -0.3 is 19.5 Å². The number of carbonyl (C=O) groups is 1. The normalized spacial score (nSPS) is 18.5. The molecule has 160 valence electrons. The summed E-state index contributed by atoms with van der Waals surface area (Å²) in [6.45, 7) is 6.40. The molecule has 0 bridgehead atoms. The number of anilines is 1. The minimum absolute atomic E-state index is 0.365. The largest absolute Gasteiger partial charge is 0.463 e. The van der Waals surface area contributed by atoms with Crippen LogP contribution >= 0.6 is 0 Å². The molecule has 0 aromatic carbocycles. The molecule has 1 N–H and O–H groups in total. The van der Waals surface area contributed by atoms with E-state index in [1.165, 1.54) is 13.0 Å². The molecule has 2 aromatic rings. The van der Waals surface area contributed by atoms with Gasteiger partial charge in [0, 0.05) is 25.3 Å². The lowest BCUT2D eigenvalue weighted by Gasteiger charge is -2.30. The van der Waals surface area contributed by atoms with Gasteiger partial charge in [-0.2, -0.15) is 0 Å². The van der Waals surface area contributed by atoms with Crippen LogP contribution in [-0.2, 0) is 9.53 Å². The van der Waals surface area contributed by atoms with Crippen molar-refractivity contribution in [3.63, 3.8) is 0 Å². The SMILES string of the molecule is CCCN(c1ncnc2[nH]ccc12)C1CCN(C)C1.O=COCC1=CC=CCC=C1. The molecular formula is C23H31N5O2. The number of rotatable bonds is 7. The van der Waals surface area contributed by atoms with Gasteiger partial charge >= 0.3 is 0 Å². The highest BCUT2D eigenvalue weighted by molar-refractivity contribution is 5.87. The molecule has 2 aromatic heterocycles. The van der Waals surface area contributed by atoms with Gasteiger partial charge in [0.1, 0.15) is 24.4 Å². The number of nitrogens with zero attached hydrogens (tertiary/aromatic N) is 4. The third-order valence-electron chi connectivity index (χ3n) is 5.25. The summed E-state index contributed by atoms with van der Waals surface area (Å²) in [6, 6.07) is 2.64. The van der Waals surface area contributed by atoms with Crippen molar-refractivity contribution in [1.82, 2.24) is 19.9 Å². The predicted octanol–water partition coefficient (Wildman–Crippen LogP) is 3.48. The smallest absolute Gasteiger partial charge is 0.293 e. The van der Waals surface area contributed by atoms with Gasteiger partial charge in [-0.05, 0) is 44.5 Å². The van der Waals surface area contributed by atoms with Gasteiger partial charge in [0.05, 0.1) is 5.39 Å². The second-order valence-electron chi connectivity index (χ2n) is 7.55. The Bertz CT molecular complexity index is 902. The summed E-state index contributed by atoms with van der Waals surface area (Å²) in [6.07, 6.45) is 16.8. The molecular weight excluding hydrogens is 378 g/mol. The summed E-state index contributed by atoms with van der Waals surface area (Å²) < 4.78 is 4.59. The zero-order valence-electron chi connectivity index (χ0n) is 17.8. The number of allylic oxidation sites excluding steroid dienone is 4. The maximum absolute atomic E-state index is 9.84. The van der Waals surface area contributed by atoms with Crippen molar-refractivity contribution in [2.24, 2.45) is 0 Å². The number of hydrogen-bond acceptors (Lipinski definition) is 6. The number of nitrogens with one attached hydrogen (secondary N) is 1. The number of carbonyl (C=O) groups excluding carboxylic acids is 1. The molecule has 1 atom stereocenters. The van der Waals surface area contributed by atoms with Crippen molar-refractivity contribution in [3.8, 4) is 0 Å². The highest BCUT2D eigenvalue weighted by Crippen LogP contribution is 2.27. The number of hydrogen-bond donors (Lipinski definition) is 1. The first-order valence-corrected chi connectivity index (χ1v) is 10.5. The summed E-state index contributed by atoms with van der Waals surface area (Å²) in [5.74, 6) is 1.08. The number of aromatic amines is 1. The van der Waals surface area contributed by atoms with E-state index in [0.717, 1.165) is 48.4 Å². The average Bonchev–Trinajstić information content (AvgIpc) is 3.33. The lowest BCUT2D eigenvalue weighted by molar-refractivity contribution is -0.127. The van der Waals surface area contributed by atoms with E-state index in [1.807, 2.05) is 36.6 Å². The Morgan fingerprint density at radius 3 is 3.03 bits per heavy atom. The highest BCUT2D eigenvalue weighted by Gasteiger charge is 2.27. The third kappa shape index (κ3) is 5.79. The maximum Gasteiger partial charge on any atom is 0.293 e. The van der Waals surface area contributed by atoms with Crippen LogP contribution in [0.4, 0.5) is 5.82 Å². The molecule has 0 spiro atoms. The number of ether oxygens (including phenoxy) is 1. The van der Waals surface area contributed by atoms with Crippen LogP contribution < -0.4 is 4.90 Å². The standard InChI is InChI=1S/C14H21N5.C9H10O2/c1-3-7-19(11-5-8-18(2)9-11)14-12-4-6-15-13(12)16-10-17-14;10-8-11-7-9-5-3-1-2-4-6-9/h4,6,10-11H,3,5,7-9H2,1-2H3,(H,15,16,17);1,3-6,8H,2,7H2. The van der Waals surface area contributed by atoms with Crippen LogP contribution in [0.3, 0.4) is 0 Å². The first-order chi connectivity index (χ1) is 14.7. The molecule has 7 nitrogen and oxygen atoms in total. The quantitative estimate of drug-likeness (QED) is 0.706. The molecule has 7 heteroatoms. The molecule has 1 fully saturated rings. The molecule has 1 aliphatic heterocycles.